The Labute approximate surface area is 120 Å². The highest BCUT2D eigenvalue weighted by atomic mass is 16.5. The van der Waals surface area contributed by atoms with E-state index in [0.29, 0.717) is 11.5 Å². The molecule has 0 aromatic heterocycles. The van der Waals surface area contributed by atoms with E-state index in [1.165, 1.54) is 6.42 Å². The van der Waals surface area contributed by atoms with Crippen molar-refractivity contribution >= 4 is 5.97 Å². The Morgan fingerprint density at radius 3 is 2.80 bits per heavy atom. The first-order valence-corrected chi connectivity index (χ1v) is 7.13. The van der Waals surface area contributed by atoms with Crippen molar-refractivity contribution in [2.45, 2.75) is 26.8 Å². The third kappa shape index (κ3) is 3.31. The standard InChI is InChI=1S/C16H23NO3/c1-11(2)13-6-7-17(9-13)10-14-8-12(16(18)19)4-5-15(14)20-3/h4-5,8,11,13H,6-7,9-10H2,1-3H3,(H,18,19). The number of hydrogen-bond donors (Lipinski definition) is 1. The largest absolute Gasteiger partial charge is 0.496 e. The normalized spacial score (nSPS) is 19.5. The first kappa shape index (κ1) is 14.9. The van der Waals surface area contributed by atoms with Gasteiger partial charge in [0.2, 0.25) is 0 Å². The van der Waals surface area contributed by atoms with Crippen LogP contribution in [-0.2, 0) is 6.54 Å². The van der Waals surface area contributed by atoms with Crippen LogP contribution in [0.15, 0.2) is 18.2 Å². The second kappa shape index (κ2) is 6.27. The van der Waals surface area contributed by atoms with Crippen LogP contribution >= 0.6 is 0 Å². The maximum absolute atomic E-state index is 11.1. The van der Waals surface area contributed by atoms with Gasteiger partial charge in [0.15, 0.2) is 0 Å². The zero-order valence-corrected chi connectivity index (χ0v) is 12.4. The van der Waals surface area contributed by atoms with E-state index < -0.39 is 5.97 Å². The fraction of sp³-hybridized carbons (Fsp3) is 0.562. The van der Waals surface area contributed by atoms with E-state index in [1.54, 1.807) is 25.3 Å². The fourth-order valence-electron chi connectivity index (χ4n) is 2.83. The molecule has 1 atom stereocenters. The van der Waals surface area contributed by atoms with Crippen molar-refractivity contribution in [1.29, 1.82) is 0 Å². The minimum Gasteiger partial charge on any atom is -0.496 e. The van der Waals surface area contributed by atoms with E-state index >= 15 is 0 Å². The van der Waals surface area contributed by atoms with Crippen LogP contribution in [-0.4, -0.2) is 36.2 Å². The first-order valence-electron chi connectivity index (χ1n) is 7.13. The van der Waals surface area contributed by atoms with Crippen molar-refractivity contribution < 1.29 is 14.6 Å². The molecule has 0 aliphatic carbocycles. The smallest absolute Gasteiger partial charge is 0.335 e. The van der Waals surface area contributed by atoms with Gasteiger partial charge >= 0.3 is 5.97 Å². The lowest BCUT2D eigenvalue weighted by molar-refractivity contribution is 0.0696. The molecule has 1 unspecified atom stereocenters. The van der Waals surface area contributed by atoms with Crippen LogP contribution in [0.25, 0.3) is 0 Å². The Morgan fingerprint density at radius 1 is 1.50 bits per heavy atom. The third-order valence-electron chi connectivity index (χ3n) is 4.17. The SMILES string of the molecule is COc1ccc(C(=O)O)cc1CN1CCC(C(C)C)C1. The summed E-state index contributed by atoms with van der Waals surface area (Å²) < 4.78 is 5.35. The fourth-order valence-corrected chi connectivity index (χ4v) is 2.83. The zero-order valence-electron chi connectivity index (χ0n) is 12.4. The zero-order chi connectivity index (χ0) is 14.7. The Balaban J connectivity index is 2.12. The molecule has 20 heavy (non-hydrogen) atoms. The topological polar surface area (TPSA) is 49.8 Å². The summed E-state index contributed by atoms with van der Waals surface area (Å²) in [5.41, 5.74) is 1.28. The monoisotopic (exact) mass is 277 g/mol. The van der Waals surface area contributed by atoms with Crippen molar-refractivity contribution in [3.63, 3.8) is 0 Å². The van der Waals surface area contributed by atoms with Gasteiger partial charge in [-0.3, -0.25) is 4.90 Å². The van der Waals surface area contributed by atoms with Crippen LogP contribution in [0.2, 0.25) is 0 Å². The minimum absolute atomic E-state index is 0.320. The number of methoxy groups -OCH3 is 1. The Kier molecular flexibility index (Phi) is 4.65. The predicted octanol–water partition coefficient (Wildman–Crippen LogP) is 2.87. The summed E-state index contributed by atoms with van der Waals surface area (Å²) in [4.78, 5) is 13.5. The van der Waals surface area contributed by atoms with Crippen LogP contribution in [0.3, 0.4) is 0 Å². The summed E-state index contributed by atoms with van der Waals surface area (Å²) in [5, 5.41) is 9.09. The van der Waals surface area contributed by atoms with Gasteiger partial charge in [-0.05, 0) is 43.0 Å². The number of carboxylic acids is 1. The lowest BCUT2D eigenvalue weighted by Gasteiger charge is -2.19. The second-order valence-corrected chi connectivity index (χ2v) is 5.86. The molecule has 0 spiro atoms. The highest BCUT2D eigenvalue weighted by Gasteiger charge is 2.25. The second-order valence-electron chi connectivity index (χ2n) is 5.86. The van der Waals surface area contributed by atoms with E-state index in [1.807, 2.05) is 0 Å². The molecule has 1 aliphatic rings. The molecule has 1 aromatic rings. The summed E-state index contributed by atoms with van der Waals surface area (Å²) in [6.07, 6.45) is 1.22. The average Bonchev–Trinajstić information content (AvgIpc) is 2.87. The summed E-state index contributed by atoms with van der Waals surface area (Å²) in [6, 6.07) is 5.06. The maximum atomic E-state index is 11.1. The predicted molar refractivity (Wildman–Crippen MR) is 78.2 cm³/mol. The molecular weight excluding hydrogens is 254 g/mol. The van der Waals surface area contributed by atoms with E-state index in [9.17, 15) is 4.79 Å². The van der Waals surface area contributed by atoms with Crippen molar-refractivity contribution in [1.82, 2.24) is 4.90 Å². The number of benzene rings is 1. The quantitative estimate of drug-likeness (QED) is 0.899. The molecule has 1 saturated heterocycles. The highest BCUT2D eigenvalue weighted by molar-refractivity contribution is 5.88. The maximum Gasteiger partial charge on any atom is 0.335 e. The third-order valence-corrected chi connectivity index (χ3v) is 4.17. The number of carboxylic acid groups (broad SMARTS) is 1. The van der Waals surface area contributed by atoms with E-state index in [4.69, 9.17) is 9.84 Å². The van der Waals surface area contributed by atoms with Crippen molar-refractivity contribution in [2.75, 3.05) is 20.2 Å². The van der Waals surface area contributed by atoms with Crippen LogP contribution in [0.5, 0.6) is 5.75 Å². The molecule has 1 N–H and O–H groups in total. The lowest BCUT2D eigenvalue weighted by Crippen LogP contribution is -2.22. The number of carbonyl (C=O) groups is 1. The number of hydrogen-bond acceptors (Lipinski definition) is 3. The molecule has 2 rings (SSSR count). The summed E-state index contributed by atoms with van der Waals surface area (Å²) in [6.45, 7) is 7.44. The Hall–Kier alpha value is -1.55. The minimum atomic E-state index is -0.893. The molecule has 4 heteroatoms. The number of rotatable bonds is 5. The van der Waals surface area contributed by atoms with Gasteiger partial charge in [0.05, 0.1) is 12.7 Å². The van der Waals surface area contributed by atoms with Crippen LogP contribution < -0.4 is 4.74 Å². The van der Waals surface area contributed by atoms with Gasteiger partial charge in [-0.15, -0.1) is 0 Å². The number of nitrogens with zero attached hydrogens (tertiary/aromatic N) is 1. The molecule has 0 radical (unpaired) electrons. The molecule has 0 bridgehead atoms. The van der Waals surface area contributed by atoms with Crippen LogP contribution in [0, 0.1) is 11.8 Å². The average molecular weight is 277 g/mol. The Bertz CT molecular complexity index is 485. The van der Waals surface area contributed by atoms with E-state index in [-0.39, 0.29) is 0 Å². The highest BCUT2D eigenvalue weighted by Crippen LogP contribution is 2.28. The molecule has 1 fully saturated rings. The molecule has 4 nitrogen and oxygen atoms in total. The van der Waals surface area contributed by atoms with Gasteiger partial charge in [-0.2, -0.15) is 0 Å². The van der Waals surface area contributed by atoms with Gasteiger partial charge in [-0.1, -0.05) is 13.8 Å². The molecule has 1 aromatic carbocycles. The van der Waals surface area contributed by atoms with Crippen LogP contribution in [0.4, 0.5) is 0 Å². The van der Waals surface area contributed by atoms with Crippen molar-refractivity contribution in [3.05, 3.63) is 29.3 Å². The molecule has 1 heterocycles. The molecule has 0 saturated carbocycles. The van der Waals surface area contributed by atoms with Gasteiger partial charge < -0.3 is 9.84 Å². The molecule has 110 valence electrons. The molecule has 0 amide bonds. The number of ether oxygens (including phenoxy) is 1. The number of aromatic carboxylic acids is 1. The van der Waals surface area contributed by atoms with E-state index in [0.717, 1.165) is 36.9 Å². The molecular formula is C16H23NO3. The van der Waals surface area contributed by atoms with Gasteiger partial charge in [0.1, 0.15) is 5.75 Å². The first-order chi connectivity index (χ1) is 9.51. The summed E-state index contributed by atoms with van der Waals surface area (Å²) >= 11 is 0. The van der Waals surface area contributed by atoms with Crippen molar-refractivity contribution in [2.24, 2.45) is 11.8 Å². The van der Waals surface area contributed by atoms with Crippen LogP contribution in [0.1, 0.15) is 36.2 Å². The van der Waals surface area contributed by atoms with Gasteiger partial charge in [0.25, 0.3) is 0 Å². The lowest BCUT2D eigenvalue weighted by atomic mass is 9.95. The number of likely N-dealkylation sites (tertiary alicyclic amines) is 1. The summed E-state index contributed by atoms with van der Waals surface area (Å²) in [7, 11) is 1.63. The Morgan fingerprint density at radius 2 is 2.25 bits per heavy atom. The molecule has 1 aliphatic heterocycles. The van der Waals surface area contributed by atoms with Crippen molar-refractivity contribution in [3.8, 4) is 5.75 Å². The van der Waals surface area contributed by atoms with E-state index in [2.05, 4.69) is 18.7 Å². The van der Waals surface area contributed by atoms with Gasteiger partial charge in [0, 0.05) is 18.7 Å². The van der Waals surface area contributed by atoms with Gasteiger partial charge in [-0.25, -0.2) is 4.79 Å². The summed E-state index contributed by atoms with van der Waals surface area (Å²) in [5.74, 6) is 1.31.